The van der Waals surface area contributed by atoms with E-state index >= 15 is 0 Å². The first-order valence-corrected chi connectivity index (χ1v) is 5.43. The number of nitrogens with one attached hydrogen (secondary N) is 1. The molecule has 0 aliphatic rings. The zero-order chi connectivity index (χ0) is 13.9. The molecule has 0 unspecified atom stereocenters. The Balaban J connectivity index is 3.10. The van der Waals surface area contributed by atoms with Crippen molar-refractivity contribution in [3.05, 3.63) is 27.9 Å². The number of carboxylic acid groups (broad SMARTS) is 1. The Morgan fingerprint density at radius 3 is 2.61 bits per heavy atom. The quantitative estimate of drug-likeness (QED) is 0.612. The van der Waals surface area contributed by atoms with Crippen molar-refractivity contribution < 1.29 is 14.8 Å². The lowest BCUT2D eigenvalue weighted by atomic mass is 10.0. The Hall–Kier alpha value is -2.18. The third kappa shape index (κ3) is 3.16. The average Bonchev–Trinajstić information content (AvgIpc) is 2.25. The fourth-order valence-electron chi connectivity index (χ4n) is 1.47. The molecule has 7 heteroatoms. The molecule has 98 valence electrons. The molecule has 0 aliphatic carbocycles. The summed E-state index contributed by atoms with van der Waals surface area (Å²) in [6, 6.07) is 0.438. The molecule has 7 nitrogen and oxygen atoms in total. The summed E-state index contributed by atoms with van der Waals surface area (Å²) in [4.78, 5) is 25.2. The Bertz CT molecular complexity index is 473. The van der Waals surface area contributed by atoms with Gasteiger partial charge in [0.1, 0.15) is 6.04 Å². The predicted molar refractivity (Wildman–Crippen MR) is 65.5 cm³/mol. The van der Waals surface area contributed by atoms with Gasteiger partial charge in [0.25, 0.3) is 0 Å². The number of nitrogens with zero attached hydrogens (tertiary/aromatic N) is 2. The highest BCUT2D eigenvalue weighted by Gasteiger charge is 2.25. The number of aliphatic carboxylic acids is 1. The smallest absolute Gasteiger partial charge is 0.326 e. The summed E-state index contributed by atoms with van der Waals surface area (Å²) in [6.45, 7) is 5.11. The van der Waals surface area contributed by atoms with Crippen molar-refractivity contribution in [1.82, 2.24) is 4.98 Å². The zero-order valence-corrected chi connectivity index (χ0v) is 10.4. The van der Waals surface area contributed by atoms with Gasteiger partial charge in [-0.2, -0.15) is 0 Å². The van der Waals surface area contributed by atoms with Crippen LogP contribution in [0.4, 0.5) is 11.5 Å². The number of rotatable bonds is 5. The summed E-state index contributed by atoms with van der Waals surface area (Å²) in [7, 11) is 0. The molecule has 0 saturated heterocycles. The molecule has 0 spiro atoms. The van der Waals surface area contributed by atoms with E-state index in [1.54, 1.807) is 20.8 Å². The second kappa shape index (κ2) is 5.44. The van der Waals surface area contributed by atoms with Gasteiger partial charge < -0.3 is 10.4 Å². The lowest BCUT2D eigenvalue weighted by Crippen LogP contribution is -2.34. The van der Waals surface area contributed by atoms with Crippen LogP contribution in [0.1, 0.15) is 19.4 Å². The van der Waals surface area contributed by atoms with Crippen LogP contribution in [0.3, 0.4) is 0 Å². The van der Waals surface area contributed by atoms with Crippen LogP contribution in [0.5, 0.6) is 0 Å². The van der Waals surface area contributed by atoms with Crippen molar-refractivity contribution >= 4 is 17.5 Å². The molecule has 1 aromatic heterocycles. The van der Waals surface area contributed by atoms with Crippen LogP contribution < -0.4 is 5.32 Å². The van der Waals surface area contributed by atoms with Gasteiger partial charge in [0, 0.05) is 12.3 Å². The highest BCUT2D eigenvalue weighted by atomic mass is 16.6. The van der Waals surface area contributed by atoms with Gasteiger partial charge in [-0.25, -0.2) is 9.78 Å². The van der Waals surface area contributed by atoms with Gasteiger partial charge in [-0.15, -0.1) is 0 Å². The van der Waals surface area contributed by atoms with Gasteiger partial charge in [0.2, 0.25) is 5.82 Å². The molecule has 0 fully saturated rings. The maximum atomic E-state index is 11.0. The number of anilines is 1. The van der Waals surface area contributed by atoms with E-state index in [0.29, 0.717) is 5.56 Å². The maximum absolute atomic E-state index is 11.0. The molecule has 0 aliphatic heterocycles. The maximum Gasteiger partial charge on any atom is 0.326 e. The molecular weight excluding hydrogens is 238 g/mol. The van der Waals surface area contributed by atoms with E-state index in [-0.39, 0.29) is 17.4 Å². The molecule has 1 aromatic rings. The second-order valence-electron chi connectivity index (χ2n) is 4.34. The summed E-state index contributed by atoms with van der Waals surface area (Å²) < 4.78 is 0. The van der Waals surface area contributed by atoms with Gasteiger partial charge in [0.15, 0.2) is 0 Å². The highest BCUT2D eigenvalue weighted by Crippen LogP contribution is 2.24. The van der Waals surface area contributed by atoms with Crippen molar-refractivity contribution in [2.45, 2.75) is 26.8 Å². The fourth-order valence-corrected chi connectivity index (χ4v) is 1.47. The van der Waals surface area contributed by atoms with Crippen molar-refractivity contribution in [2.75, 3.05) is 5.32 Å². The molecule has 0 bridgehead atoms. The minimum absolute atomic E-state index is 0.0216. The number of hydrogen-bond donors (Lipinski definition) is 2. The number of carboxylic acids is 1. The average molecular weight is 253 g/mol. The first kappa shape index (κ1) is 13.9. The summed E-state index contributed by atoms with van der Waals surface area (Å²) in [5.41, 5.74) is 0.422. The van der Waals surface area contributed by atoms with Gasteiger partial charge in [-0.3, -0.25) is 10.1 Å². The molecule has 1 heterocycles. The van der Waals surface area contributed by atoms with E-state index < -0.39 is 16.9 Å². The lowest BCUT2D eigenvalue weighted by molar-refractivity contribution is -0.384. The molecule has 2 N–H and O–H groups in total. The fraction of sp³-hybridized carbons (Fsp3) is 0.455. The van der Waals surface area contributed by atoms with Crippen molar-refractivity contribution in [3.63, 3.8) is 0 Å². The highest BCUT2D eigenvalue weighted by molar-refractivity contribution is 5.78. The molecule has 0 radical (unpaired) electrons. The number of nitro groups is 1. The van der Waals surface area contributed by atoms with E-state index in [1.807, 2.05) is 0 Å². The zero-order valence-electron chi connectivity index (χ0n) is 10.4. The first-order valence-electron chi connectivity index (χ1n) is 5.43. The molecule has 1 atom stereocenters. The van der Waals surface area contributed by atoms with Crippen LogP contribution in [-0.2, 0) is 4.79 Å². The molecular formula is C11H15N3O4. The number of carbonyl (C=O) groups is 1. The number of aryl methyl sites for hydroxylation is 1. The van der Waals surface area contributed by atoms with Crippen LogP contribution >= 0.6 is 0 Å². The van der Waals surface area contributed by atoms with E-state index in [0.717, 1.165) is 0 Å². The summed E-state index contributed by atoms with van der Waals surface area (Å²) in [6.07, 6.45) is 1.45. The van der Waals surface area contributed by atoms with Crippen molar-refractivity contribution in [3.8, 4) is 0 Å². The lowest BCUT2D eigenvalue weighted by Gasteiger charge is -2.18. The van der Waals surface area contributed by atoms with Crippen LogP contribution in [-0.4, -0.2) is 27.0 Å². The summed E-state index contributed by atoms with van der Waals surface area (Å²) in [5, 5.41) is 22.5. The minimum Gasteiger partial charge on any atom is -0.480 e. The SMILES string of the molecule is Cc1cnc(N[C@@H](C(=O)O)C(C)C)c([N+](=O)[O-])c1. The topological polar surface area (TPSA) is 105 Å². The van der Waals surface area contributed by atoms with E-state index in [9.17, 15) is 14.9 Å². The number of aromatic nitrogens is 1. The molecule has 0 aromatic carbocycles. The Morgan fingerprint density at radius 2 is 2.17 bits per heavy atom. The van der Waals surface area contributed by atoms with Gasteiger partial charge >= 0.3 is 11.7 Å². The second-order valence-corrected chi connectivity index (χ2v) is 4.34. The monoisotopic (exact) mass is 253 g/mol. The van der Waals surface area contributed by atoms with Crippen LogP contribution in [0.2, 0.25) is 0 Å². The third-order valence-corrected chi connectivity index (χ3v) is 2.43. The van der Waals surface area contributed by atoms with E-state index in [2.05, 4.69) is 10.3 Å². The summed E-state index contributed by atoms with van der Waals surface area (Å²) in [5.74, 6) is -1.31. The number of hydrogen-bond acceptors (Lipinski definition) is 5. The van der Waals surface area contributed by atoms with Gasteiger partial charge in [-0.1, -0.05) is 13.8 Å². The molecule has 0 amide bonds. The van der Waals surface area contributed by atoms with Crippen molar-refractivity contribution in [2.24, 2.45) is 5.92 Å². The molecule has 1 rings (SSSR count). The van der Waals surface area contributed by atoms with E-state index in [1.165, 1.54) is 12.3 Å². The van der Waals surface area contributed by atoms with Crippen molar-refractivity contribution in [1.29, 1.82) is 0 Å². The Morgan fingerprint density at radius 1 is 1.56 bits per heavy atom. The van der Waals surface area contributed by atoms with Crippen LogP contribution in [0, 0.1) is 23.0 Å². The van der Waals surface area contributed by atoms with Crippen LogP contribution in [0.15, 0.2) is 12.3 Å². The van der Waals surface area contributed by atoms with Crippen LogP contribution in [0.25, 0.3) is 0 Å². The van der Waals surface area contributed by atoms with Gasteiger partial charge in [-0.05, 0) is 18.4 Å². The Labute approximate surface area is 104 Å². The molecule has 0 saturated carbocycles. The number of pyridine rings is 1. The third-order valence-electron chi connectivity index (χ3n) is 2.43. The van der Waals surface area contributed by atoms with Gasteiger partial charge in [0.05, 0.1) is 4.92 Å². The Kier molecular flexibility index (Phi) is 4.19. The normalized spacial score (nSPS) is 12.2. The first-order chi connectivity index (χ1) is 8.32. The standard InChI is InChI=1S/C11H15N3O4/c1-6(2)9(11(15)16)13-10-8(14(17)18)4-7(3)5-12-10/h4-6,9H,1-3H3,(H,12,13)(H,15,16)/t9-/m1/s1. The predicted octanol–water partition coefficient (Wildman–Crippen LogP) is 1.82. The summed E-state index contributed by atoms with van der Waals surface area (Å²) >= 11 is 0. The minimum atomic E-state index is -1.07. The molecule has 18 heavy (non-hydrogen) atoms. The van der Waals surface area contributed by atoms with E-state index in [4.69, 9.17) is 5.11 Å². The largest absolute Gasteiger partial charge is 0.480 e.